The summed E-state index contributed by atoms with van der Waals surface area (Å²) in [5.74, 6) is 1.89. The smallest absolute Gasteiger partial charge is 0.320 e. The van der Waals surface area contributed by atoms with E-state index in [1.165, 1.54) is 6.07 Å². The highest BCUT2D eigenvalue weighted by Crippen LogP contribution is 2.31. The van der Waals surface area contributed by atoms with Gasteiger partial charge in [-0.15, -0.1) is 0 Å². The molecule has 8 nitrogen and oxygen atoms in total. The summed E-state index contributed by atoms with van der Waals surface area (Å²) in [5, 5.41) is 16.0. The molecule has 4 N–H and O–H groups in total. The second kappa shape index (κ2) is 9.64. The zero-order valence-electron chi connectivity index (χ0n) is 19.0. The van der Waals surface area contributed by atoms with E-state index in [-0.39, 0.29) is 18.5 Å². The Morgan fingerprint density at radius 2 is 1.85 bits per heavy atom. The van der Waals surface area contributed by atoms with E-state index in [1.807, 2.05) is 24.3 Å². The minimum Gasteiger partial charge on any atom is -0.497 e. The van der Waals surface area contributed by atoms with Gasteiger partial charge in [-0.2, -0.15) is 0 Å². The monoisotopic (exact) mass is 463 g/mol. The van der Waals surface area contributed by atoms with Crippen LogP contribution in [0.1, 0.15) is 31.7 Å². The van der Waals surface area contributed by atoms with Gasteiger partial charge in [-0.25, -0.2) is 13.9 Å². The van der Waals surface area contributed by atoms with Crippen molar-refractivity contribution in [1.82, 2.24) is 15.0 Å². The van der Waals surface area contributed by atoms with Crippen LogP contribution in [0.3, 0.4) is 0 Å². The number of imidazole rings is 1. The summed E-state index contributed by atoms with van der Waals surface area (Å²) >= 11 is 0. The molecule has 0 unspecified atom stereocenters. The normalized spacial score (nSPS) is 18.1. The van der Waals surface area contributed by atoms with Gasteiger partial charge in [0.25, 0.3) is 11.6 Å². The second-order valence-electron chi connectivity index (χ2n) is 8.59. The van der Waals surface area contributed by atoms with Crippen LogP contribution in [0.4, 0.5) is 27.7 Å². The molecular weight excluding hydrogens is 435 g/mol. The van der Waals surface area contributed by atoms with Crippen LogP contribution < -0.4 is 19.9 Å². The van der Waals surface area contributed by atoms with E-state index in [0.717, 1.165) is 48.3 Å². The third-order valence-electron chi connectivity index (χ3n) is 6.40. The van der Waals surface area contributed by atoms with Gasteiger partial charge in [0, 0.05) is 12.3 Å². The van der Waals surface area contributed by atoms with E-state index in [2.05, 4.69) is 25.2 Å². The maximum Gasteiger partial charge on any atom is 0.320 e. The summed E-state index contributed by atoms with van der Waals surface area (Å²) in [6.07, 6.45) is 5.40. The molecule has 9 heteroatoms. The van der Waals surface area contributed by atoms with E-state index in [9.17, 15) is 9.50 Å². The number of aliphatic hydroxyl groups excluding tert-OH is 1. The van der Waals surface area contributed by atoms with Crippen LogP contribution in [-0.2, 0) is 0 Å². The number of aromatic nitrogens is 4. The molecule has 0 atom stereocenters. The molecule has 1 aliphatic rings. The quantitative estimate of drug-likeness (QED) is 0.299. The van der Waals surface area contributed by atoms with Gasteiger partial charge in [0.05, 0.1) is 19.3 Å². The fourth-order valence-corrected chi connectivity index (χ4v) is 4.52. The van der Waals surface area contributed by atoms with Gasteiger partial charge in [0.2, 0.25) is 0 Å². The number of rotatable bonds is 7. The number of methoxy groups -OCH3 is 1. The summed E-state index contributed by atoms with van der Waals surface area (Å²) < 4.78 is 21.7. The molecule has 2 heterocycles. The number of H-pyrrole nitrogens is 1. The van der Waals surface area contributed by atoms with Crippen LogP contribution in [0.25, 0.3) is 11.2 Å². The molecule has 1 aliphatic carbocycles. The number of anilines is 4. The maximum absolute atomic E-state index is 14.4. The van der Waals surface area contributed by atoms with Crippen molar-refractivity contribution in [2.45, 2.75) is 31.7 Å². The first-order valence-electron chi connectivity index (χ1n) is 11.5. The summed E-state index contributed by atoms with van der Waals surface area (Å²) in [4.78, 5) is 12.6. The molecule has 0 aliphatic heterocycles. The van der Waals surface area contributed by atoms with Gasteiger partial charge in [-0.05, 0) is 68.0 Å². The molecule has 34 heavy (non-hydrogen) atoms. The van der Waals surface area contributed by atoms with Crippen molar-refractivity contribution in [2.24, 2.45) is 5.92 Å². The lowest BCUT2D eigenvalue weighted by molar-refractivity contribution is -0.689. The number of benzene rings is 2. The first-order valence-corrected chi connectivity index (χ1v) is 11.5. The zero-order chi connectivity index (χ0) is 23.5. The minimum atomic E-state index is -0.329. The van der Waals surface area contributed by atoms with Crippen molar-refractivity contribution in [3.8, 4) is 5.75 Å². The molecule has 176 valence electrons. The average Bonchev–Trinajstić information content (AvgIpc) is 3.23. The first-order chi connectivity index (χ1) is 16.6. The topological polar surface area (TPSA) is 99.0 Å². The standard InChI is InChI=1S/C25H27FN6O2/c1-34-19-12-8-17(9-13-19)28-24-27-14-22-23(31-24)32(18-10-6-16(15-33)7-11-18)25(30-22)29-21-5-3-2-4-20(21)26/h2-5,8-9,12-14,16,18,33H,6-7,10-11,15H2,1H3,(H2,27,28,29,30,31)/p+1. The Morgan fingerprint density at radius 1 is 1.09 bits per heavy atom. The van der Waals surface area contributed by atoms with Crippen LogP contribution in [0.5, 0.6) is 5.75 Å². The molecule has 0 saturated heterocycles. The molecule has 0 amide bonds. The number of para-hydroxylation sites is 1. The van der Waals surface area contributed by atoms with Crippen LogP contribution in [0, 0.1) is 11.7 Å². The number of ether oxygens (including phenoxy) is 1. The molecule has 1 fully saturated rings. The van der Waals surface area contributed by atoms with Crippen molar-refractivity contribution in [3.63, 3.8) is 0 Å². The van der Waals surface area contributed by atoms with Crippen molar-refractivity contribution < 1.29 is 18.8 Å². The van der Waals surface area contributed by atoms with Crippen LogP contribution in [0.2, 0.25) is 0 Å². The van der Waals surface area contributed by atoms with Crippen molar-refractivity contribution in [1.29, 1.82) is 0 Å². The van der Waals surface area contributed by atoms with E-state index in [0.29, 0.717) is 23.5 Å². The molecule has 0 radical (unpaired) electrons. The number of halogens is 1. The van der Waals surface area contributed by atoms with Crippen LogP contribution in [-0.4, -0.2) is 33.8 Å². The van der Waals surface area contributed by atoms with E-state index in [1.54, 1.807) is 31.5 Å². The zero-order valence-corrected chi connectivity index (χ0v) is 19.0. The number of aliphatic hydroxyl groups is 1. The highest BCUT2D eigenvalue weighted by Gasteiger charge is 2.30. The fourth-order valence-electron chi connectivity index (χ4n) is 4.52. The molecule has 0 bridgehead atoms. The fraction of sp³-hybridized carbons (Fsp3) is 0.320. The molecule has 1 saturated carbocycles. The van der Waals surface area contributed by atoms with Gasteiger partial charge in [0.1, 0.15) is 11.4 Å². The number of aromatic amines is 1. The van der Waals surface area contributed by atoms with Crippen molar-refractivity contribution in [2.75, 3.05) is 24.4 Å². The van der Waals surface area contributed by atoms with Crippen LogP contribution in [0.15, 0.2) is 54.7 Å². The van der Waals surface area contributed by atoms with Crippen molar-refractivity contribution >= 4 is 34.4 Å². The van der Waals surface area contributed by atoms with Crippen molar-refractivity contribution in [3.05, 3.63) is 60.5 Å². The Bertz CT molecular complexity index is 1270. The molecule has 0 spiro atoms. The van der Waals surface area contributed by atoms with E-state index < -0.39 is 0 Å². The third-order valence-corrected chi connectivity index (χ3v) is 6.40. The number of hydrogen-bond acceptors (Lipinski definition) is 6. The van der Waals surface area contributed by atoms with E-state index >= 15 is 0 Å². The summed E-state index contributed by atoms with van der Waals surface area (Å²) in [6.45, 7) is 0.212. The van der Waals surface area contributed by atoms with Gasteiger partial charge in [0.15, 0.2) is 11.3 Å². The minimum absolute atomic E-state index is 0.162. The van der Waals surface area contributed by atoms with E-state index in [4.69, 9.17) is 9.72 Å². The predicted octanol–water partition coefficient (Wildman–Crippen LogP) is 4.60. The molecule has 5 rings (SSSR count). The Morgan fingerprint density at radius 3 is 2.56 bits per heavy atom. The summed E-state index contributed by atoms with van der Waals surface area (Å²) in [7, 11) is 1.63. The Kier molecular flexibility index (Phi) is 6.27. The second-order valence-corrected chi connectivity index (χ2v) is 8.59. The lowest BCUT2D eigenvalue weighted by Crippen LogP contribution is -2.43. The van der Waals surface area contributed by atoms with Gasteiger partial charge < -0.3 is 15.2 Å². The van der Waals surface area contributed by atoms with Crippen LogP contribution >= 0.6 is 0 Å². The number of fused-ring (bicyclic) bond motifs is 1. The Labute approximate surface area is 196 Å². The highest BCUT2D eigenvalue weighted by atomic mass is 19.1. The summed E-state index contributed by atoms with van der Waals surface area (Å²) in [6, 6.07) is 14.3. The maximum atomic E-state index is 14.4. The molecule has 2 aromatic heterocycles. The van der Waals surface area contributed by atoms with Gasteiger partial charge in [-0.1, -0.05) is 17.1 Å². The molecule has 4 aromatic rings. The molecular formula is C25H28FN6O2+. The molecule has 2 aromatic carbocycles. The third kappa shape index (κ3) is 4.51. The Balaban J connectivity index is 1.51. The lowest BCUT2D eigenvalue weighted by atomic mass is 9.86. The largest absolute Gasteiger partial charge is 0.497 e. The number of nitrogens with one attached hydrogen (secondary N) is 3. The SMILES string of the molecule is COc1ccc(Nc2ncc3[nH]c(Nc4ccccc4F)[n+](C4CCC(CO)CC4)c3n2)cc1. The highest BCUT2D eigenvalue weighted by molar-refractivity contribution is 5.71. The predicted molar refractivity (Wildman–Crippen MR) is 128 cm³/mol. The first kappa shape index (κ1) is 22.1. The van der Waals surface area contributed by atoms with Gasteiger partial charge >= 0.3 is 5.95 Å². The van der Waals surface area contributed by atoms with Gasteiger partial charge in [-0.3, -0.25) is 10.3 Å². The average molecular weight is 464 g/mol. The number of nitrogens with zero attached hydrogens (tertiary/aromatic N) is 3. The lowest BCUT2D eigenvalue weighted by Gasteiger charge is -2.27. The number of hydrogen-bond donors (Lipinski definition) is 4. The Hall–Kier alpha value is -3.72. The summed E-state index contributed by atoms with van der Waals surface area (Å²) in [5.41, 5.74) is 2.72.